The minimum absolute atomic E-state index is 0.0405. The Hall–Kier alpha value is -1.64. The highest BCUT2D eigenvalue weighted by molar-refractivity contribution is 5.85. The van der Waals surface area contributed by atoms with Gasteiger partial charge in [-0.1, -0.05) is 31.9 Å². The fourth-order valence-electron chi connectivity index (χ4n) is 3.32. The molecule has 5 heteroatoms. The Morgan fingerprint density at radius 1 is 1.37 bits per heavy atom. The zero-order chi connectivity index (χ0) is 20.3. The molecule has 1 aliphatic carbocycles. The van der Waals surface area contributed by atoms with Crippen molar-refractivity contribution in [2.45, 2.75) is 83.3 Å². The maximum atomic E-state index is 12.2. The van der Waals surface area contributed by atoms with E-state index in [0.717, 1.165) is 19.3 Å². The molecule has 4 atom stereocenters. The van der Waals surface area contributed by atoms with Crippen LogP contribution < -0.4 is 0 Å². The van der Waals surface area contributed by atoms with Crippen molar-refractivity contribution >= 4 is 11.8 Å². The van der Waals surface area contributed by atoms with Gasteiger partial charge in [0.15, 0.2) is 0 Å². The lowest BCUT2D eigenvalue weighted by atomic mass is 9.89. The second-order valence-electron chi connectivity index (χ2n) is 7.64. The molecule has 0 radical (unpaired) electrons. The number of aliphatic hydroxyl groups is 2. The van der Waals surface area contributed by atoms with Crippen LogP contribution in [0.2, 0.25) is 0 Å². The number of aliphatic hydroxyl groups excluding tert-OH is 1. The molecule has 0 spiro atoms. The molecule has 0 amide bonds. The number of esters is 1. The second kappa shape index (κ2) is 11.9. The number of unbranched alkanes of at least 4 members (excludes halogenated alkanes) is 2. The molecule has 27 heavy (non-hydrogen) atoms. The highest BCUT2D eigenvalue weighted by Gasteiger charge is 2.39. The van der Waals surface area contributed by atoms with E-state index in [1.807, 2.05) is 19.1 Å². The monoisotopic (exact) mass is 378 g/mol. The molecule has 0 saturated heterocycles. The standard InChI is InChI=1S/C22H34O5/c1-4-5-14-22(2,26)15-10-12-18-17(19(23)16-20(18)24)11-8-6-7-9-13-21(25)27-3/h10,12,17-18,20,24,26H,4-5,7,9,11,13-16H2,1-3H3/b12-10+/t17-,18-,20-,22?/m1/s1. The van der Waals surface area contributed by atoms with Gasteiger partial charge in [-0.05, 0) is 26.2 Å². The number of carbonyl (C=O) groups is 2. The lowest BCUT2D eigenvalue weighted by Crippen LogP contribution is -2.23. The van der Waals surface area contributed by atoms with E-state index < -0.39 is 11.7 Å². The summed E-state index contributed by atoms with van der Waals surface area (Å²) >= 11 is 0. The number of hydrogen-bond donors (Lipinski definition) is 2. The fraction of sp³-hybridized carbons (Fsp3) is 0.727. The lowest BCUT2D eigenvalue weighted by molar-refractivity contribution is -0.140. The van der Waals surface area contributed by atoms with Gasteiger partial charge in [-0.2, -0.15) is 0 Å². The lowest BCUT2D eigenvalue weighted by Gasteiger charge is -2.22. The maximum Gasteiger partial charge on any atom is 0.305 e. The van der Waals surface area contributed by atoms with Gasteiger partial charge >= 0.3 is 5.97 Å². The first-order chi connectivity index (χ1) is 12.8. The predicted octanol–water partition coefficient (Wildman–Crippen LogP) is 3.18. The van der Waals surface area contributed by atoms with Gasteiger partial charge < -0.3 is 14.9 Å². The van der Waals surface area contributed by atoms with E-state index in [4.69, 9.17) is 0 Å². The van der Waals surface area contributed by atoms with E-state index in [1.54, 1.807) is 0 Å². The molecular formula is C22H34O5. The zero-order valence-electron chi connectivity index (χ0n) is 16.9. The fourth-order valence-corrected chi connectivity index (χ4v) is 3.32. The third-order valence-corrected chi connectivity index (χ3v) is 5.07. The summed E-state index contributed by atoms with van der Waals surface area (Å²) in [7, 11) is 1.36. The van der Waals surface area contributed by atoms with E-state index in [0.29, 0.717) is 32.1 Å². The van der Waals surface area contributed by atoms with E-state index in [1.165, 1.54) is 7.11 Å². The predicted molar refractivity (Wildman–Crippen MR) is 105 cm³/mol. The molecule has 1 fully saturated rings. The Morgan fingerprint density at radius 2 is 2.11 bits per heavy atom. The van der Waals surface area contributed by atoms with Crippen molar-refractivity contribution in [3.8, 4) is 11.8 Å². The topological polar surface area (TPSA) is 83.8 Å². The van der Waals surface area contributed by atoms with Crippen molar-refractivity contribution in [3.05, 3.63) is 12.2 Å². The van der Waals surface area contributed by atoms with Crippen molar-refractivity contribution in [3.63, 3.8) is 0 Å². The summed E-state index contributed by atoms with van der Waals surface area (Å²) in [4.78, 5) is 23.2. The highest BCUT2D eigenvalue weighted by atomic mass is 16.5. The van der Waals surface area contributed by atoms with Gasteiger partial charge in [-0.3, -0.25) is 9.59 Å². The molecule has 1 saturated carbocycles. The molecule has 2 N–H and O–H groups in total. The van der Waals surface area contributed by atoms with E-state index in [-0.39, 0.29) is 30.0 Å². The molecule has 0 aromatic carbocycles. The van der Waals surface area contributed by atoms with E-state index in [2.05, 4.69) is 23.5 Å². The number of carbonyl (C=O) groups excluding carboxylic acids is 2. The normalized spacial score (nSPS) is 24.5. The first-order valence-electron chi connectivity index (χ1n) is 9.93. The van der Waals surface area contributed by atoms with Crippen LogP contribution in [-0.2, 0) is 14.3 Å². The van der Waals surface area contributed by atoms with Crippen LogP contribution in [0.5, 0.6) is 0 Å². The summed E-state index contributed by atoms with van der Waals surface area (Å²) in [6.45, 7) is 3.91. The van der Waals surface area contributed by atoms with Crippen LogP contribution in [0, 0.1) is 23.7 Å². The molecule has 1 aliphatic rings. The molecule has 0 aliphatic heterocycles. The van der Waals surface area contributed by atoms with Crippen molar-refractivity contribution < 1.29 is 24.5 Å². The average molecular weight is 379 g/mol. The number of methoxy groups -OCH3 is 1. The first kappa shape index (κ1) is 23.4. The van der Waals surface area contributed by atoms with Gasteiger partial charge in [0.1, 0.15) is 5.78 Å². The summed E-state index contributed by atoms with van der Waals surface area (Å²) in [6, 6.07) is 0. The van der Waals surface area contributed by atoms with E-state index >= 15 is 0 Å². The summed E-state index contributed by atoms with van der Waals surface area (Å²) in [5.74, 6) is 5.26. The molecule has 1 unspecified atom stereocenters. The molecule has 0 aromatic rings. The minimum Gasteiger partial charge on any atom is -0.469 e. The maximum absolute atomic E-state index is 12.2. The Balaban J connectivity index is 2.54. The molecule has 1 rings (SSSR count). The van der Waals surface area contributed by atoms with Crippen molar-refractivity contribution in [1.29, 1.82) is 0 Å². The van der Waals surface area contributed by atoms with Crippen molar-refractivity contribution in [2.24, 2.45) is 11.8 Å². The number of rotatable bonds is 10. The van der Waals surface area contributed by atoms with Crippen LogP contribution >= 0.6 is 0 Å². The smallest absolute Gasteiger partial charge is 0.305 e. The SMILES string of the molecule is CCCCC(C)(O)C/C=C/[C@H]1[C@H](O)CC(=O)[C@@H]1CC#CCCCC(=O)OC. The van der Waals surface area contributed by atoms with Gasteiger partial charge in [-0.25, -0.2) is 0 Å². The van der Waals surface area contributed by atoms with E-state index in [9.17, 15) is 19.8 Å². The van der Waals surface area contributed by atoms with Gasteiger partial charge in [0.2, 0.25) is 0 Å². The number of ether oxygens (including phenoxy) is 1. The van der Waals surface area contributed by atoms with Crippen LogP contribution in [-0.4, -0.2) is 40.8 Å². The van der Waals surface area contributed by atoms with Crippen LogP contribution in [0.3, 0.4) is 0 Å². The quantitative estimate of drug-likeness (QED) is 0.264. The Morgan fingerprint density at radius 3 is 2.78 bits per heavy atom. The summed E-state index contributed by atoms with van der Waals surface area (Å²) in [5.41, 5.74) is -0.755. The van der Waals surface area contributed by atoms with Crippen LogP contribution in [0.15, 0.2) is 12.2 Å². The van der Waals surface area contributed by atoms with Gasteiger partial charge in [0, 0.05) is 37.5 Å². The Labute approximate surface area is 163 Å². The molecule has 0 bridgehead atoms. The van der Waals surface area contributed by atoms with Gasteiger partial charge in [-0.15, -0.1) is 11.8 Å². The Kier molecular flexibility index (Phi) is 10.4. The van der Waals surface area contributed by atoms with Crippen LogP contribution in [0.4, 0.5) is 0 Å². The molecule has 0 aromatic heterocycles. The third kappa shape index (κ3) is 8.73. The number of ketones is 1. The number of hydrogen-bond acceptors (Lipinski definition) is 5. The minimum atomic E-state index is -0.755. The van der Waals surface area contributed by atoms with Gasteiger partial charge in [0.25, 0.3) is 0 Å². The molecule has 5 nitrogen and oxygen atoms in total. The number of Topliss-reactive ketones (excluding diaryl/α,β-unsaturated/α-hetero) is 1. The Bertz CT molecular complexity index is 567. The molecule has 0 heterocycles. The molecular weight excluding hydrogens is 344 g/mol. The zero-order valence-corrected chi connectivity index (χ0v) is 16.9. The molecule has 152 valence electrons. The van der Waals surface area contributed by atoms with Crippen LogP contribution in [0.1, 0.15) is 71.6 Å². The first-order valence-corrected chi connectivity index (χ1v) is 9.93. The summed E-state index contributed by atoms with van der Waals surface area (Å²) in [6.07, 6.45) is 8.47. The van der Waals surface area contributed by atoms with Crippen molar-refractivity contribution in [1.82, 2.24) is 0 Å². The largest absolute Gasteiger partial charge is 0.469 e. The summed E-state index contributed by atoms with van der Waals surface area (Å²) in [5, 5.41) is 20.5. The second-order valence-corrected chi connectivity index (χ2v) is 7.64. The highest BCUT2D eigenvalue weighted by Crippen LogP contribution is 2.33. The van der Waals surface area contributed by atoms with Crippen LogP contribution in [0.25, 0.3) is 0 Å². The average Bonchev–Trinajstić information content (AvgIpc) is 2.89. The van der Waals surface area contributed by atoms with Gasteiger partial charge in [0.05, 0.1) is 18.8 Å². The third-order valence-electron chi connectivity index (χ3n) is 5.07. The summed E-state index contributed by atoms with van der Waals surface area (Å²) < 4.78 is 4.58. The van der Waals surface area contributed by atoms with Crippen molar-refractivity contribution in [2.75, 3.05) is 7.11 Å².